The van der Waals surface area contributed by atoms with Crippen molar-refractivity contribution in [2.45, 2.75) is 20.8 Å². The van der Waals surface area contributed by atoms with Crippen molar-refractivity contribution in [1.29, 1.82) is 0 Å². The summed E-state index contributed by atoms with van der Waals surface area (Å²) in [6, 6.07) is 9.10. The molecule has 0 unspecified atom stereocenters. The lowest BCUT2D eigenvalue weighted by Gasteiger charge is -2.11. The number of ether oxygens (including phenoxy) is 1. The number of amides is 1. The van der Waals surface area contributed by atoms with Crippen LogP contribution in [0.2, 0.25) is 0 Å². The summed E-state index contributed by atoms with van der Waals surface area (Å²) in [6.45, 7) is 5.34. The van der Waals surface area contributed by atoms with Gasteiger partial charge in [0.1, 0.15) is 0 Å². The van der Waals surface area contributed by atoms with Gasteiger partial charge in [0.2, 0.25) is 0 Å². The molecule has 0 aliphatic heterocycles. The Morgan fingerprint density at radius 3 is 2.36 bits per heavy atom. The molecule has 130 valence electrons. The fourth-order valence-electron chi connectivity index (χ4n) is 2.24. The molecule has 7 heteroatoms. The molecule has 0 saturated heterocycles. The number of hydrogen-bond acceptors (Lipinski definition) is 5. The Hall–Kier alpha value is -3.22. The van der Waals surface area contributed by atoms with Gasteiger partial charge in [0.05, 0.1) is 17.1 Å². The number of aryl methyl sites for hydroxylation is 2. The Kier molecular flexibility index (Phi) is 5.49. The molecule has 25 heavy (non-hydrogen) atoms. The number of anilines is 1. The third-order valence-corrected chi connectivity index (χ3v) is 3.66. The Morgan fingerprint density at radius 1 is 1.08 bits per heavy atom. The number of rotatable bonds is 5. The van der Waals surface area contributed by atoms with Crippen LogP contribution in [-0.4, -0.2) is 23.4 Å². The molecule has 0 bridgehead atoms. The summed E-state index contributed by atoms with van der Waals surface area (Å²) in [5.41, 5.74) is 2.03. The maximum absolute atomic E-state index is 12.4. The molecule has 1 amide bonds. The van der Waals surface area contributed by atoms with Gasteiger partial charge >= 0.3 is 5.97 Å². The number of nitrogens with one attached hydrogen (secondary N) is 1. The Bertz CT molecular complexity index is 845. The molecule has 0 saturated carbocycles. The van der Waals surface area contributed by atoms with Crippen molar-refractivity contribution < 1.29 is 19.2 Å². The minimum absolute atomic E-state index is 0.121. The van der Waals surface area contributed by atoms with Gasteiger partial charge in [0.25, 0.3) is 11.6 Å². The first-order valence-corrected chi connectivity index (χ1v) is 7.67. The molecule has 0 radical (unpaired) electrons. The largest absolute Gasteiger partial charge is 0.462 e. The lowest BCUT2D eigenvalue weighted by Crippen LogP contribution is -2.14. The second kappa shape index (κ2) is 7.57. The molecule has 0 heterocycles. The highest BCUT2D eigenvalue weighted by Gasteiger charge is 2.16. The molecule has 2 aromatic carbocycles. The van der Waals surface area contributed by atoms with Gasteiger partial charge in [-0.3, -0.25) is 14.9 Å². The molecule has 2 aromatic rings. The maximum Gasteiger partial charge on any atom is 0.338 e. The number of esters is 1. The number of carbonyl (C=O) groups excluding carboxylic acids is 2. The lowest BCUT2D eigenvalue weighted by molar-refractivity contribution is -0.385. The van der Waals surface area contributed by atoms with E-state index in [4.69, 9.17) is 4.74 Å². The zero-order valence-electron chi connectivity index (χ0n) is 14.2. The molecule has 0 atom stereocenters. The molecule has 7 nitrogen and oxygen atoms in total. The summed E-state index contributed by atoms with van der Waals surface area (Å²) >= 11 is 0. The fraction of sp³-hybridized carbons (Fsp3) is 0.222. The van der Waals surface area contributed by atoms with Gasteiger partial charge in [0, 0.05) is 22.9 Å². The van der Waals surface area contributed by atoms with Gasteiger partial charge in [0.15, 0.2) is 0 Å². The van der Waals surface area contributed by atoms with Crippen molar-refractivity contribution in [2.24, 2.45) is 0 Å². The third kappa shape index (κ3) is 4.20. The normalized spacial score (nSPS) is 10.2. The second-order valence-electron chi connectivity index (χ2n) is 5.46. The predicted molar refractivity (Wildman–Crippen MR) is 92.9 cm³/mol. The molecule has 0 aromatic heterocycles. The van der Waals surface area contributed by atoms with Crippen LogP contribution >= 0.6 is 0 Å². The van der Waals surface area contributed by atoms with Crippen LogP contribution in [0.3, 0.4) is 0 Å². The van der Waals surface area contributed by atoms with Crippen LogP contribution in [0.4, 0.5) is 11.4 Å². The minimum Gasteiger partial charge on any atom is -0.462 e. The number of benzene rings is 2. The van der Waals surface area contributed by atoms with E-state index in [9.17, 15) is 19.7 Å². The van der Waals surface area contributed by atoms with Crippen LogP contribution in [0.15, 0.2) is 36.4 Å². The molecular weight excluding hydrogens is 324 g/mol. The summed E-state index contributed by atoms with van der Waals surface area (Å²) < 4.78 is 4.94. The number of nitro groups is 1. The van der Waals surface area contributed by atoms with E-state index in [0.717, 1.165) is 5.56 Å². The van der Waals surface area contributed by atoms with Crippen molar-refractivity contribution >= 4 is 23.3 Å². The van der Waals surface area contributed by atoms with Crippen LogP contribution in [0.25, 0.3) is 0 Å². The first-order valence-electron chi connectivity index (χ1n) is 7.67. The van der Waals surface area contributed by atoms with Crippen LogP contribution in [0.5, 0.6) is 0 Å². The van der Waals surface area contributed by atoms with Crippen molar-refractivity contribution in [3.05, 3.63) is 68.8 Å². The summed E-state index contributed by atoms with van der Waals surface area (Å²) in [6.07, 6.45) is 0. The van der Waals surface area contributed by atoms with Crippen LogP contribution < -0.4 is 5.32 Å². The topological polar surface area (TPSA) is 98.5 Å². The summed E-state index contributed by atoms with van der Waals surface area (Å²) in [7, 11) is 0. The first-order chi connectivity index (χ1) is 11.8. The number of nitro benzene ring substituents is 1. The lowest BCUT2D eigenvalue weighted by atomic mass is 10.1. The molecule has 0 aliphatic carbocycles. The summed E-state index contributed by atoms with van der Waals surface area (Å²) in [5, 5.41) is 13.7. The quantitative estimate of drug-likeness (QED) is 0.508. The predicted octanol–water partition coefficient (Wildman–Crippen LogP) is 3.64. The summed E-state index contributed by atoms with van der Waals surface area (Å²) in [5.74, 6) is -0.976. The smallest absolute Gasteiger partial charge is 0.338 e. The van der Waals surface area contributed by atoms with Crippen molar-refractivity contribution in [3.8, 4) is 0 Å². The molecule has 0 fully saturated rings. The van der Waals surface area contributed by atoms with E-state index in [1.807, 2.05) is 0 Å². The van der Waals surface area contributed by atoms with Gasteiger partial charge < -0.3 is 10.1 Å². The average Bonchev–Trinajstić information content (AvgIpc) is 2.57. The van der Waals surface area contributed by atoms with Gasteiger partial charge in [-0.15, -0.1) is 0 Å². The highest BCUT2D eigenvalue weighted by atomic mass is 16.6. The zero-order chi connectivity index (χ0) is 18.6. The van der Waals surface area contributed by atoms with E-state index in [0.29, 0.717) is 16.8 Å². The van der Waals surface area contributed by atoms with Crippen molar-refractivity contribution in [2.75, 3.05) is 11.9 Å². The van der Waals surface area contributed by atoms with Crippen LogP contribution in [0.1, 0.15) is 38.8 Å². The van der Waals surface area contributed by atoms with Gasteiger partial charge in [-0.1, -0.05) is 12.1 Å². The number of hydrogen-bond donors (Lipinski definition) is 1. The highest BCUT2D eigenvalue weighted by Crippen LogP contribution is 2.22. The molecule has 0 spiro atoms. The van der Waals surface area contributed by atoms with E-state index in [1.54, 1.807) is 32.9 Å². The monoisotopic (exact) mass is 342 g/mol. The van der Waals surface area contributed by atoms with Crippen molar-refractivity contribution in [3.63, 3.8) is 0 Å². The van der Waals surface area contributed by atoms with Gasteiger partial charge in [-0.25, -0.2) is 4.79 Å². The Labute approximate surface area is 144 Å². The third-order valence-electron chi connectivity index (χ3n) is 3.66. The first kappa shape index (κ1) is 18.1. The minimum atomic E-state index is -0.529. The van der Waals surface area contributed by atoms with Gasteiger partial charge in [-0.05, 0) is 44.5 Å². The van der Waals surface area contributed by atoms with E-state index in [-0.39, 0.29) is 17.9 Å². The van der Waals surface area contributed by atoms with E-state index in [1.165, 1.54) is 24.3 Å². The summed E-state index contributed by atoms with van der Waals surface area (Å²) in [4.78, 5) is 34.7. The van der Waals surface area contributed by atoms with E-state index < -0.39 is 16.8 Å². The fourth-order valence-corrected chi connectivity index (χ4v) is 2.24. The van der Waals surface area contributed by atoms with Gasteiger partial charge in [-0.2, -0.15) is 0 Å². The Morgan fingerprint density at radius 2 is 1.72 bits per heavy atom. The van der Waals surface area contributed by atoms with Crippen molar-refractivity contribution in [1.82, 2.24) is 0 Å². The SMILES string of the molecule is CCOC(=O)c1ccc(C)c(NC(=O)c2ccc(C)c([N+](=O)[O-])c2)c1. The van der Waals surface area contributed by atoms with E-state index in [2.05, 4.69) is 5.32 Å². The molecule has 2 rings (SSSR count). The maximum atomic E-state index is 12.4. The standard InChI is InChI=1S/C18H18N2O5/c1-4-25-18(22)14-8-5-11(2)15(9-14)19-17(21)13-7-6-12(3)16(10-13)20(23)24/h5-10H,4H2,1-3H3,(H,19,21). The van der Waals surface area contributed by atoms with Crippen LogP contribution in [0, 0.1) is 24.0 Å². The Balaban J connectivity index is 2.29. The highest BCUT2D eigenvalue weighted by molar-refractivity contribution is 6.05. The second-order valence-corrected chi connectivity index (χ2v) is 5.46. The van der Waals surface area contributed by atoms with Crippen LogP contribution in [-0.2, 0) is 4.74 Å². The molecular formula is C18H18N2O5. The molecule has 1 N–H and O–H groups in total. The number of nitrogens with zero attached hydrogens (tertiary/aromatic N) is 1. The molecule has 0 aliphatic rings. The zero-order valence-corrected chi connectivity index (χ0v) is 14.2. The average molecular weight is 342 g/mol. The number of carbonyl (C=O) groups is 2. The van der Waals surface area contributed by atoms with E-state index >= 15 is 0 Å².